The fourth-order valence-corrected chi connectivity index (χ4v) is 1.86. The fourth-order valence-electron chi connectivity index (χ4n) is 1.49. The van der Waals surface area contributed by atoms with Gasteiger partial charge in [0.2, 0.25) is 0 Å². The largest absolute Gasteiger partial charge is 0.302 e. The van der Waals surface area contributed by atoms with E-state index in [9.17, 15) is 4.79 Å². The maximum absolute atomic E-state index is 10.8. The van der Waals surface area contributed by atoms with E-state index in [1.807, 2.05) is 37.3 Å². The summed E-state index contributed by atoms with van der Waals surface area (Å²) in [5.41, 5.74) is 1.64. The average molecular weight is 218 g/mol. The number of nitrogens with zero attached hydrogens (tertiary/aromatic N) is 2. The molecule has 0 aromatic heterocycles. The summed E-state index contributed by atoms with van der Waals surface area (Å²) in [5.74, 6) is -0.347. The quantitative estimate of drug-likeness (QED) is 0.562. The Morgan fingerprint density at radius 1 is 1.40 bits per heavy atom. The zero-order valence-electron chi connectivity index (χ0n) is 8.25. The van der Waals surface area contributed by atoms with E-state index in [4.69, 9.17) is 12.2 Å². The van der Waals surface area contributed by atoms with Gasteiger partial charge in [0.05, 0.1) is 11.4 Å². The third-order valence-corrected chi connectivity index (χ3v) is 2.75. The molecule has 3 nitrogen and oxygen atoms in total. The summed E-state index contributed by atoms with van der Waals surface area (Å²) in [6.45, 7) is 1.81. The number of hydrogen-bond acceptors (Lipinski definition) is 3. The molecule has 1 aromatic rings. The van der Waals surface area contributed by atoms with Gasteiger partial charge >= 0.3 is 0 Å². The monoisotopic (exact) mass is 218 g/mol. The van der Waals surface area contributed by atoms with Crippen molar-refractivity contribution < 1.29 is 4.79 Å². The van der Waals surface area contributed by atoms with Crippen LogP contribution in [0.25, 0.3) is 0 Å². The van der Waals surface area contributed by atoms with Crippen molar-refractivity contribution in [3.05, 3.63) is 30.3 Å². The molecule has 2 rings (SSSR count). The van der Waals surface area contributed by atoms with Crippen molar-refractivity contribution in [1.82, 2.24) is 0 Å². The molecule has 0 bridgehead atoms. The minimum atomic E-state index is -0.347. The van der Waals surface area contributed by atoms with E-state index in [1.54, 1.807) is 5.01 Å². The van der Waals surface area contributed by atoms with Crippen LogP contribution < -0.4 is 5.01 Å². The Balaban J connectivity index is 2.35. The van der Waals surface area contributed by atoms with Crippen LogP contribution in [0, 0.1) is 5.92 Å². The molecule has 1 aliphatic rings. The first kappa shape index (κ1) is 9.98. The van der Waals surface area contributed by atoms with Gasteiger partial charge in [0.25, 0.3) is 0 Å². The van der Waals surface area contributed by atoms with Gasteiger partial charge in [-0.3, -0.25) is 0 Å². The van der Waals surface area contributed by atoms with Crippen LogP contribution in [0.3, 0.4) is 0 Å². The van der Waals surface area contributed by atoms with Crippen LogP contribution in [0.4, 0.5) is 5.69 Å². The molecule has 1 aromatic carbocycles. The summed E-state index contributed by atoms with van der Waals surface area (Å²) >= 11 is 5.20. The smallest absolute Gasteiger partial charge is 0.135 e. The van der Waals surface area contributed by atoms with Gasteiger partial charge in [-0.05, 0) is 19.1 Å². The highest BCUT2D eigenvalue weighted by atomic mass is 32.1. The predicted molar refractivity (Wildman–Crippen MR) is 64.2 cm³/mol. The van der Waals surface area contributed by atoms with Gasteiger partial charge in [-0.2, -0.15) is 5.10 Å². The highest BCUT2D eigenvalue weighted by Gasteiger charge is 2.29. The lowest BCUT2D eigenvalue weighted by Crippen LogP contribution is -2.25. The lowest BCUT2D eigenvalue weighted by Gasteiger charge is -2.14. The highest BCUT2D eigenvalue weighted by Crippen LogP contribution is 2.23. The molecule has 76 valence electrons. The Kier molecular flexibility index (Phi) is 2.60. The van der Waals surface area contributed by atoms with E-state index in [0.29, 0.717) is 4.99 Å². The zero-order chi connectivity index (χ0) is 10.8. The molecule has 15 heavy (non-hydrogen) atoms. The normalized spacial score (nSPS) is 20.3. The highest BCUT2D eigenvalue weighted by molar-refractivity contribution is 7.80. The molecule has 4 heteroatoms. The summed E-state index contributed by atoms with van der Waals surface area (Å²) in [4.78, 5) is 11.4. The summed E-state index contributed by atoms with van der Waals surface area (Å²) in [7, 11) is 0. The first-order chi connectivity index (χ1) is 7.24. The molecule has 0 aliphatic carbocycles. The minimum absolute atomic E-state index is 0.347. The third kappa shape index (κ3) is 1.68. The summed E-state index contributed by atoms with van der Waals surface area (Å²) < 4.78 is 0. The molecule has 0 spiro atoms. The Morgan fingerprint density at radius 3 is 2.60 bits per heavy atom. The molecule has 1 unspecified atom stereocenters. The van der Waals surface area contributed by atoms with E-state index in [2.05, 4.69) is 5.10 Å². The van der Waals surface area contributed by atoms with E-state index in [0.717, 1.165) is 17.7 Å². The molecule has 0 saturated carbocycles. The third-order valence-electron chi connectivity index (χ3n) is 2.32. The maximum atomic E-state index is 10.8. The number of carbonyl (C=O) groups is 1. The number of hydrazone groups is 1. The first-order valence-corrected chi connectivity index (χ1v) is 5.04. The standard InChI is InChI=1S/C11H10N2OS/c1-8-10(7-14)11(15)13(12-8)9-5-3-2-4-6-9/h2-7,10H,1H3. The second-order valence-electron chi connectivity index (χ2n) is 3.34. The van der Waals surface area contributed by atoms with Crippen molar-refractivity contribution in [3.63, 3.8) is 0 Å². The van der Waals surface area contributed by atoms with Crippen LogP contribution in [-0.4, -0.2) is 17.0 Å². The van der Waals surface area contributed by atoms with Crippen molar-refractivity contribution in [1.29, 1.82) is 0 Å². The number of benzene rings is 1. The van der Waals surface area contributed by atoms with Gasteiger partial charge in [0.15, 0.2) is 0 Å². The molecular formula is C11H10N2OS. The number of para-hydroxylation sites is 1. The molecule has 1 atom stereocenters. The molecular weight excluding hydrogens is 208 g/mol. The van der Waals surface area contributed by atoms with Crippen molar-refractivity contribution in [3.8, 4) is 0 Å². The van der Waals surface area contributed by atoms with E-state index >= 15 is 0 Å². The van der Waals surface area contributed by atoms with Crippen LogP contribution in [-0.2, 0) is 4.79 Å². The summed E-state index contributed by atoms with van der Waals surface area (Å²) in [5, 5.41) is 5.91. The topological polar surface area (TPSA) is 32.7 Å². The van der Waals surface area contributed by atoms with Crippen molar-refractivity contribution >= 4 is 34.9 Å². The number of anilines is 1. The number of thiocarbonyl (C=S) groups is 1. The average Bonchev–Trinajstić information content (AvgIpc) is 2.55. The molecule has 0 amide bonds. The van der Waals surface area contributed by atoms with Crippen molar-refractivity contribution in [2.75, 3.05) is 5.01 Å². The number of hydrogen-bond donors (Lipinski definition) is 0. The van der Waals surface area contributed by atoms with Crippen LogP contribution in [0.2, 0.25) is 0 Å². The first-order valence-electron chi connectivity index (χ1n) is 4.63. The second-order valence-corrected chi connectivity index (χ2v) is 3.76. The van der Waals surface area contributed by atoms with E-state index < -0.39 is 0 Å². The molecule has 1 heterocycles. The Morgan fingerprint density at radius 2 is 2.07 bits per heavy atom. The van der Waals surface area contributed by atoms with Crippen LogP contribution in [0.1, 0.15) is 6.92 Å². The van der Waals surface area contributed by atoms with Gasteiger partial charge in [-0.25, -0.2) is 5.01 Å². The molecule has 0 N–H and O–H groups in total. The van der Waals surface area contributed by atoms with Crippen LogP contribution in [0.15, 0.2) is 35.4 Å². The van der Waals surface area contributed by atoms with Gasteiger partial charge in [0.1, 0.15) is 17.2 Å². The van der Waals surface area contributed by atoms with Crippen molar-refractivity contribution in [2.24, 2.45) is 11.0 Å². The van der Waals surface area contributed by atoms with E-state index in [-0.39, 0.29) is 5.92 Å². The predicted octanol–water partition coefficient (Wildman–Crippen LogP) is 2.02. The van der Waals surface area contributed by atoms with Crippen LogP contribution >= 0.6 is 12.2 Å². The SMILES string of the molecule is CC1=NN(c2ccccc2)C(=S)C1C=O. The summed E-state index contributed by atoms with van der Waals surface area (Å²) in [6, 6.07) is 9.58. The molecule has 0 radical (unpaired) electrons. The van der Waals surface area contributed by atoms with E-state index in [1.165, 1.54) is 0 Å². The molecule has 0 saturated heterocycles. The van der Waals surface area contributed by atoms with Crippen LogP contribution in [0.5, 0.6) is 0 Å². The number of aldehydes is 1. The molecule has 0 fully saturated rings. The lowest BCUT2D eigenvalue weighted by molar-refractivity contribution is -0.108. The number of rotatable bonds is 2. The lowest BCUT2D eigenvalue weighted by atomic mass is 10.1. The number of carbonyl (C=O) groups excluding carboxylic acids is 1. The Hall–Kier alpha value is -1.55. The van der Waals surface area contributed by atoms with Gasteiger partial charge in [-0.15, -0.1) is 0 Å². The van der Waals surface area contributed by atoms with Crippen molar-refractivity contribution in [2.45, 2.75) is 6.92 Å². The summed E-state index contributed by atoms with van der Waals surface area (Å²) in [6.07, 6.45) is 0.837. The molecule has 1 aliphatic heterocycles. The van der Waals surface area contributed by atoms with Gasteiger partial charge in [0, 0.05) is 0 Å². The van der Waals surface area contributed by atoms with Gasteiger partial charge < -0.3 is 4.79 Å². The zero-order valence-corrected chi connectivity index (χ0v) is 9.07. The fraction of sp³-hybridized carbons (Fsp3) is 0.182. The minimum Gasteiger partial charge on any atom is -0.302 e. The maximum Gasteiger partial charge on any atom is 0.135 e. The van der Waals surface area contributed by atoms with Gasteiger partial charge in [-0.1, -0.05) is 30.4 Å². The second kappa shape index (κ2) is 3.90. The Bertz CT molecular complexity index is 427. The Labute approximate surface area is 93.4 Å².